The van der Waals surface area contributed by atoms with Crippen LogP contribution in [0.1, 0.15) is 51.3 Å². The fraction of sp³-hybridized carbons (Fsp3) is 0.364. The van der Waals surface area contributed by atoms with Crippen LogP contribution in [0.5, 0.6) is 5.75 Å². The van der Waals surface area contributed by atoms with Gasteiger partial charge in [-0.05, 0) is 68.5 Å². The van der Waals surface area contributed by atoms with E-state index in [1.165, 1.54) is 16.7 Å². The van der Waals surface area contributed by atoms with Crippen LogP contribution in [0.25, 0.3) is 28.0 Å². The molecule has 0 N–H and O–H groups in total. The van der Waals surface area contributed by atoms with E-state index in [0.717, 1.165) is 11.3 Å². The van der Waals surface area contributed by atoms with Crippen molar-refractivity contribution in [3.05, 3.63) is 81.8 Å². The summed E-state index contributed by atoms with van der Waals surface area (Å²) in [5.41, 5.74) is 2.30. The Hall–Kier alpha value is -4.31. The van der Waals surface area contributed by atoms with Gasteiger partial charge in [-0.2, -0.15) is 4.98 Å². The zero-order valence-corrected chi connectivity index (χ0v) is 25.9. The zero-order valence-electron chi connectivity index (χ0n) is 25.2. The molecule has 228 valence electrons. The number of rotatable bonds is 3. The molecule has 1 aromatic carbocycles. The number of aryl methyl sites for hydroxylation is 1. The van der Waals surface area contributed by atoms with Crippen molar-refractivity contribution >= 4 is 34.4 Å². The van der Waals surface area contributed by atoms with E-state index in [1.54, 1.807) is 29.3 Å². The summed E-state index contributed by atoms with van der Waals surface area (Å²) in [4.78, 5) is 44.8. The van der Waals surface area contributed by atoms with Gasteiger partial charge in [0.15, 0.2) is 5.65 Å². The quantitative estimate of drug-likeness (QED) is 0.273. The fourth-order valence-electron chi connectivity index (χ4n) is 6.24. The van der Waals surface area contributed by atoms with Gasteiger partial charge in [-0.1, -0.05) is 38.1 Å². The largest absolute Gasteiger partial charge is 0.493 e. The van der Waals surface area contributed by atoms with Gasteiger partial charge in [-0.3, -0.25) is 9.78 Å². The maximum atomic E-state index is 15.5. The smallest absolute Gasteiger partial charge is 0.355 e. The number of fused-ring (bicyclic) bond motifs is 5. The number of ether oxygens (including phenoxy) is 1. The molecule has 2 bridgehead atoms. The van der Waals surface area contributed by atoms with Gasteiger partial charge in [0.05, 0.1) is 39.7 Å². The monoisotopic (exact) mass is 616 g/mol. The first-order valence-corrected chi connectivity index (χ1v) is 15.2. The molecule has 2 aliphatic heterocycles. The second-order valence-corrected chi connectivity index (χ2v) is 12.1. The first-order valence-electron chi connectivity index (χ1n) is 14.8. The molecule has 9 nitrogen and oxygen atoms in total. The highest BCUT2D eigenvalue weighted by atomic mass is 35.5. The van der Waals surface area contributed by atoms with Gasteiger partial charge >= 0.3 is 5.69 Å². The molecule has 5 heterocycles. The third kappa shape index (κ3) is 5.00. The predicted molar refractivity (Wildman–Crippen MR) is 169 cm³/mol. The van der Waals surface area contributed by atoms with E-state index in [0.29, 0.717) is 55.2 Å². The van der Waals surface area contributed by atoms with Gasteiger partial charge < -0.3 is 14.5 Å². The van der Waals surface area contributed by atoms with Crippen molar-refractivity contribution in [2.45, 2.75) is 58.5 Å². The second kappa shape index (κ2) is 11.6. The number of aromatic nitrogens is 4. The molecule has 4 aromatic rings. The second-order valence-electron chi connectivity index (χ2n) is 11.7. The summed E-state index contributed by atoms with van der Waals surface area (Å²) in [6.07, 6.45) is 4.27. The summed E-state index contributed by atoms with van der Waals surface area (Å²) in [6, 6.07) is 7.86. The van der Waals surface area contributed by atoms with E-state index in [1.807, 2.05) is 38.7 Å². The number of carbonyl (C=O) groups excluding carboxylic acids is 1. The Bertz CT molecular complexity index is 1860. The van der Waals surface area contributed by atoms with Crippen LogP contribution in [0.4, 0.5) is 10.2 Å². The normalized spacial score (nSPS) is 18.3. The lowest BCUT2D eigenvalue weighted by molar-refractivity contribution is -0.128. The molecule has 1 amide bonds. The minimum atomic E-state index is -0.535. The number of halogens is 2. The van der Waals surface area contributed by atoms with Crippen molar-refractivity contribution < 1.29 is 13.9 Å². The Morgan fingerprint density at radius 2 is 1.98 bits per heavy atom. The SMILES string of the molecule is C=CC(=O)N1C[C@H](C)N(c2nc(=O)n3c4nc(c(Cl)cc24)-c2c(F)cccc2OCCCc2ccnc(C(C)C)c2-3)C[C@H]1C. The number of hydrogen-bond acceptors (Lipinski definition) is 7. The Labute approximate surface area is 260 Å². The lowest BCUT2D eigenvalue weighted by atomic mass is 10.0. The summed E-state index contributed by atoms with van der Waals surface area (Å²) in [7, 11) is 0. The number of pyridine rings is 2. The van der Waals surface area contributed by atoms with Crippen LogP contribution >= 0.6 is 11.6 Å². The minimum Gasteiger partial charge on any atom is -0.493 e. The van der Waals surface area contributed by atoms with Crippen molar-refractivity contribution in [2.24, 2.45) is 0 Å². The van der Waals surface area contributed by atoms with Crippen LogP contribution in [0, 0.1) is 5.82 Å². The average Bonchev–Trinajstić information content (AvgIpc) is 2.99. The summed E-state index contributed by atoms with van der Waals surface area (Å²) in [6.45, 7) is 12.8. The van der Waals surface area contributed by atoms with E-state index in [4.69, 9.17) is 21.3 Å². The molecule has 1 fully saturated rings. The molecule has 11 heteroatoms. The molecule has 0 spiro atoms. The van der Waals surface area contributed by atoms with Crippen molar-refractivity contribution in [1.29, 1.82) is 0 Å². The molecule has 2 atom stereocenters. The topological polar surface area (TPSA) is 93.5 Å². The van der Waals surface area contributed by atoms with Gasteiger partial charge in [-0.15, -0.1) is 0 Å². The van der Waals surface area contributed by atoms with Gasteiger partial charge in [0.1, 0.15) is 17.4 Å². The lowest BCUT2D eigenvalue weighted by Gasteiger charge is -2.44. The van der Waals surface area contributed by atoms with Crippen LogP contribution in [-0.2, 0) is 11.2 Å². The number of hydrogen-bond donors (Lipinski definition) is 0. The summed E-state index contributed by atoms with van der Waals surface area (Å²) < 4.78 is 23.1. The molecule has 44 heavy (non-hydrogen) atoms. The molecule has 3 aromatic heterocycles. The number of nitrogens with zero attached hydrogens (tertiary/aromatic N) is 6. The summed E-state index contributed by atoms with van der Waals surface area (Å²) >= 11 is 6.91. The van der Waals surface area contributed by atoms with Crippen molar-refractivity contribution in [3.63, 3.8) is 0 Å². The fourth-order valence-corrected chi connectivity index (χ4v) is 6.49. The summed E-state index contributed by atoms with van der Waals surface area (Å²) in [5.74, 6) is 0.0248. The van der Waals surface area contributed by atoms with Crippen LogP contribution in [0.15, 0.2) is 54.0 Å². The molecule has 0 radical (unpaired) electrons. The van der Waals surface area contributed by atoms with Gasteiger partial charge in [-0.25, -0.2) is 18.7 Å². The molecule has 0 aliphatic carbocycles. The zero-order chi connectivity index (χ0) is 31.3. The maximum absolute atomic E-state index is 15.5. The molecular formula is C33H34ClFN6O3. The number of carbonyl (C=O) groups is 1. The highest BCUT2D eigenvalue weighted by molar-refractivity contribution is 6.34. The molecule has 0 saturated carbocycles. The highest BCUT2D eigenvalue weighted by Gasteiger charge is 2.34. The van der Waals surface area contributed by atoms with Crippen molar-refractivity contribution in [3.8, 4) is 22.7 Å². The third-order valence-corrected chi connectivity index (χ3v) is 8.67. The predicted octanol–water partition coefficient (Wildman–Crippen LogP) is 5.70. The number of benzene rings is 1. The Morgan fingerprint density at radius 3 is 2.73 bits per heavy atom. The minimum absolute atomic E-state index is 0.0166. The molecule has 0 unspecified atom stereocenters. The van der Waals surface area contributed by atoms with E-state index in [9.17, 15) is 9.59 Å². The maximum Gasteiger partial charge on any atom is 0.355 e. The van der Waals surface area contributed by atoms with Crippen LogP contribution in [0.2, 0.25) is 5.02 Å². The Balaban J connectivity index is 1.69. The van der Waals surface area contributed by atoms with Crippen LogP contribution < -0.4 is 15.3 Å². The molecule has 1 saturated heterocycles. The first-order chi connectivity index (χ1) is 21.1. The van der Waals surface area contributed by atoms with Crippen LogP contribution in [0.3, 0.4) is 0 Å². The van der Waals surface area contributed by atoms with E-state index < -0.39 is 11.5 Å². The lowest BCUT2D eigenvalue weighted by Crippen LogP contribution is -2.58. The molecule has 2 aliphatic rings. The van der Waals surface area contributed by atoms with E-state index in [2.05, 4.69) is 16.5 Å². The van der Waals surface area contributed by atoms with Crippen molar-refractivity contribution in [2.75, 3.05) is 24.6 Å². The number of anilines is 1. The van der Waals surface area contributed by atoms with Crippen molar-refractivity contribution in [1.82, 2.24) is 24.4 Å². The number of piperazine rings is 1. The van der Waals surface area contributed by atoms with E-state index in [-0.39, 0.29) is 45.8 Å². The van der Waals surface area contributed by atoms with Crippen LogP contribution in [-0.4, -0.2) is 62.1 Å². The van der Waals surface area contributed by atoms with Gasteiger partial charge in [0.25, 0.3) is 0 Å². The highest BCUT2D eigenvalue weighted by Crippen LogP contribution is 2.40. The Morgan fingerprint density at radius 1 is 1.18 bits per heavy atom. The standard InChI is InChI=1S/C33H34ClFN6O3/c1-6-26(42)39-16-20(5)40(17-19(39)4)31-22-15-23(34)29-27-24(35)10-7-11-25(27)44-14-8-9-21-12-13-36-28(18(2)3)30(21)41(32(22)37-29)33(43)38-31/h6-7,10-13,15,18-20H,1,8-9,14,16-17H2,2-5H3/t19-,20+/m1/s1. The number of amides is 1. The Kier molecular flexibility index (Phi) is 7.88. The molecule has 6 rings (SSSR count). The molecular weight excluding hydrogens is 583 g/mol. The van der Waals surface area contributed by atoms with Gasteiger partial charge in [0.2, 0.25) is 5.91 Å². The third-order valence-electron chi connectivity index (χ3n) is 8.38. The average molecular weight is 617 g/mol. The summed E-state index contributed by atoms with van der Waals surface area (Å²) in [5, 5.41) is 0.718. The first kappa shape index (κ1) is 29.7. The van der Waals surface area contributed by atoms with E-state index >= 15 is 4.39 Å². The van der Waals surface area contributed by atoms with Gasteiger partial charge in [0, 0.05) is 31.4 Å².